The third-order valence-corrected chi connectivity index (χ3v) is 3.39. The number of nitrogens with zero attached hydrogens (tertiary/aromatic N) is 1. The molecule has 0 bridgehead atoms. The zero-order chi connectivity index (χ0) is 14.5. The Bertz CT molecular complexity index is 736. The Morgan fingerprint density at radius 2 is 1.48 bits per heavy atom. The summed E-state index contributed by atoms with van der Waals surface area (Å²) in [6.07, 6.45) is 2.40. The van der Waals surface area contributed by atoms with Crippen LogP contribution in [0.4, 0.5) is 0 Å². The van der Waals surface area contributed by atoms with E-state index in [4.69, 9.17) is 0 Å². The molecule has 21 heavy (non-hydrogen) atoms. The summed E-state index contributed by atoms with van der Waals surface area (Å²) in [5, 5.41) is 0. The fraction of sp³-hybridized carbons (Fsp3) is 0.0526. The summed E-state index contributed by atoms with van der Waals surface area (Å²) in [6, 6.07) is 23.1. The van der Waals surface area contributed by atoms with E-state index in [0.717, 1.165) is 11.3 Å². The van der Waals surface area contributed by atoms with Crippen molar-refractivity contribution in [1.29, 1.82) is 0 Å². The molecular weight excluding hydrogens is 258 g/mol. The van der Waals surface area contributed by atoms with Crippen LogP contribution < -0.4 is 0 Å². The van der Waals surface area contributed by atoms with Crippen molar-refractivity contribution >= 4 is 5.78 Å². The molecule has 0 radical (unpaired) electrons. The van der Waals surface area contributed by atoms with Crippen LogP contribution in [-0.2, 0) is 6.42 Å². The molecule has 1 heterocycles. The zero-order valence-electron chi connectivity index (χ0n) is 11.6. The van der Waals surface area contributed by atoms with Crippen molar-refractivity contribution in [2.45, 2.75) is 6.42 Å². The van der Waals surface area contributed by atoms with Crippen LogP contribution >= 0.6 is 0 Å². The molecule has 0 unspecified atom stereocenters. The summed E-state index contributed by atoms with van der Waals surface area (Å²) in [5.74, 6) is 0.0228. The number of ketones is 1. The molecule has 2 heteroatoms. The first kappa shape index (κ1) is 13.3. The molecule has 0 N–H and O–H groups in total. The number of hydrogen-bond donors (Lipinski definition) is 0. The minimum Gasteiger partial charge on any atom is -0.289 e. The largest absolute Gasteiger partial charge is 0.289 e. The lowest BCUT2D eigenvalue weighted by Gasteiger charge is -2.08. The van der Waals surface area contributed by atoms with Crippen molar-refractivity contribution in [2.75, 3.05) is 0 Å². The molecule has 3 rings (SSSR count). The van der Waals surface area contributed by atoms with E-state index < -0.39 is 0 Å². The van der Waals surface area contributed by atoms with Gasteiger partial charge >= 0.3 is 0 Å². The molecule has 1 aromatic heterocycles. The van der Waals surface area contributed by atoms with Crippen LogP contribution in [-0.4, -0.2) is 10.8 Å². The van der Waals surface area contributed by atoms with Crippen LogP contribution in [0.25, 0.3) is 0 Å². The Morgan fingerprint density at radius 1 is 0.810 bits per heavy atom. The van der Waals surface area contributed by atoms with Crippen LogP contribution in [0.3, 0.4) is 0 Å². The topological polar surface area (TPSA) is 30.0 Å². The van der Waals surface area contributed by atoms with Crippen molar-refractivity contribution in [2.24, 2.45) is 0 Å². The number of rotatable bonds is 4. The van der Waals surface area contributed by atoms with Crippen LogP contribution in [0, 0.1) is 0 Å². The minimum absolute atomic E-state index is 0.0228. The molecule has 3 aromatic rings. The molecule has 0 atom stereocenters. The Kier molecular flexibility index (Phi) is 3.88. The minimum atomic E-state index is 0.0228. The lowest BCUT2D eigenvalue weighted by Crippen LogP contribution is -2.07. The monoisotopic (exact) mass is 273 g/mol. The standard InChI is InChI=1S/C19H15NO/c21-19(16-10-5-2-6-11-16)17-12-7-13-20-18(17)14-15-8-3-1-4-9-15/h1-13H,14H2. The Morgan fingerprint density at radius 3 is 2.19 bits per heavy atom. The smallest absolute Gasteiger partial charge is 0.194 e. The predicted octanol–water partition coefficient (Wildman–Crippen LogP) is 3.90. The van der Waals surface area contributed by atoms with Crippen LogP contribution in [0.1, 0.15) is 27.2 Å². The van der Waals surface area contributed by atoms with Gasteiger partial charge < -0.3 is 0 Å². The second-order valence-corrected chi connectivity index (χ2v) is 4.86. The molecule has 0 spiro atoms. The van der Waals surface area contributed by atoms with E-state index in [9.17, 15) is 4.79 Å². The highest BCUT2D eigenvalue weighted by atomic mass is 16.1. The van der Waals surface area contributed by atoms with Gasteiger partial charge in [0.25, 0.3) is 0 Å². The van der Waals surface area contributed by atoms with E-state index in [1.807, 2.05) is 72.8 Å². The molecule has 2 aromatic carbocycles. The fourth-order valence-corrected chi connectivity index (χ4v) is 2.32. The van der Waals surface area contributed by atoms with Gasteiger partial charge in [0, 0.05) is 23.7 Å². The van der Waals surface area contributed by atoms with Gasteiger partial charge in [0.1, 0.15) is 0 Å². The first-order valence-electron chi connectivity index (χ1n) is 6.92. The van der Waals surface area contributed by atoms with Gasteiger partial charge in [-0.1, -0.05) is 60.7 Å². The molecule has 0 aliphatic rings. The van der Waals surface area contributed by atoms with Crippen molar-refractivity contribution in [3.05, 3.63) is 101 Å². The summed E-state index contributed by atoms with van der Waals surface area (Å²) < 4.78 is 0. The third kappa shape index (κ3) is 3.06. The predicted molar refractivity (Wildman–Crippen MR) is 83.4 cm³/mol. The number of pyridine rings is 1. The van der Waals surface area contributed by atoms with Gasteiger partial charge in [-0.2, -0.15) is 0 Å². The molecular formula is C19H15NO. The highest BCUT2D eigenvalue weighted by molar-refractivity contribution is 6.09. The number of hydrogen-bond acceptors (Lipinski definition) is 2. The second-order valence-electron chi connectivity index (χ2n) is 4.86. The van der Waals surface area contributed by atoms with Crippen molar-refractivity contribution in [3.8, 4) is 0 Å². The van der Waals surface area contributed by atoms with E-state index >= 15 is 0 Å². The van der Waals surface area contributed by atoms with Crippen LogP contribution in [0.15, 0.2) is 79.0 Å². The SMILES string of the molecule is O=C(c1ccccc1)c1cccnc1Cc1ccccc1. The first-order valence-corrected chi connectivity index (χ1v) is 6.92. The molecule has 0 aliphatic carbocycles. The maximum atomic E-state index is 12.6. The summed E-state index contributed by atoms with van der Waals surface area (Å²) in [4.78, 5) is 17.0. The van der Waals surface area contributed by atoms with Crippen LogP contribution in [0.5, 0.6) is 0 Å². The second kappa shape index (κ2) is 6.14. The zero-order valence-corrected chi connectivity index (χ0v) is 11.6. The Labute approximate surface area is 124 Å². The van der Waals surface area contributed by atoms with Gasteiger partial charge in [-0.05, 0) is 17.7 Å². The van der Waals surface area contributed by atoms with Gasteiger partial charge in [0.2, 0.25) is 0 Å². The highest BCUT2D eigenvalue weighted by Gasteiger charge is 2.14. The molecule has 0 fully saturated rings. The molecule has 2 nitrogen and oxygen atoms in total. The third-order valence-electron chi connectivity index (χ3n) is 3.39. The molecule has 0 aliphatic heterocycles. The van der Waals surface area contributed by atoms with Crippen LogP contribution in [0.2, 0.25) is 0 Å². The fourth-order valence-electron chi connectivity index (χ4n) is 2.32. The number of carbonyl (C=O) groups excluding carboxylic acids is 1. The normalized spacial score (nSPS) is 10.3. The highest BCUT2D eigenvalue weighted by Crippen LogP contribution is 2.16. The first-order chi connectivity index (χ1) is 10.3. The lowest BCUT2D eigenvalue weighted by atomic mass is 9.98. The van der Waals surface area contributed by atoms with Crippen molar-refractivity contribution in [3.63, 3.8) is 0 Å². The molecule has 0 amide bonds. The van der Waals surface area contributed by atoms with Gasteiger partial charge in [-0.25, -0.2) is 0 Å². The summed E-state index contributed by atoms with van der Waals surface area (Å²) in [5.41, 5.74) is 3.34. The number of aromatic nitrogens is 1. The van der Waals surface area contributed by atoms with Gasteiger partial charge in [-0.15, -0.1) is 0 Å². The Balaban J connectivity index is 1.95. The maximum absolute atomic E-state index is 12.6. The quantitative estimate of drug-likeness (QED) is 0.675. The summed E-state index contributed by atoms with van der Waals surface area (Å²) in [7, 11) is 0. The molecule has 102 valence electrons. The molecule has 0 saturated carbocycles. The van der Waals surface area contributed by atoms with E-state index in [2.05, 4.69) is 4.98 Å². The molecule has 0 saturated heterocycles. The maximum Gasteiger partial charge on any atom is 0.194 e. The van der Waals surface area contributed by atoms with Crippen molar-refractivity contribution < 1.29 is 4.79 Å². The number of carbonyl (C=O) groups is 1. The van der Waals surface area contributed by atoms with E-state index in [-0.39, 0.29) is 5.78 Å². The van der Waals surface area contributed by atoms with Crippen molar-refractivity contribution in [1.82, 2.24) is 4.98 Å². The summed E-state index contributed by atoms with van der Waals surface area (Å²) in [6.45, 7) is 0. The average molecular weight is 273 g/mol. The van der Waals surface area contributed by atoms with E-state index in [0.29, 0.717) is 17.5 Å². The summed E-state index contributed by atoms with van der Waals surface area (Å²) >= 11 is 0. The van der Waals surface area contributed by atoms with Gasteiger partial charge in [0.05, 0.1) is 5.69 Å². The number of benzene rings is 2. The van der Waals surface area contributed by atoms with E-state index in [1.165, 1.54) is 0 Å². The Hall–Kier alpha value is -2.74. The average Bonchev–Trinajstić information content (AvgIpc) is 2.56. The van der Waals surface area contributed by atoms with Gasteiger partial charge in [0.15, 0.2) is 5.78 Å². The lowest BCUT2D eigenvalue weighted by molar-refractivity contribution is 0.103. The van der Waals surface area contributed by atoms with Gasteiger partial charge in [-0.3, -0.25) is 9.78 Å². The van der Waals surface area contributed by atoms with E-state index in [1.54, 1.807) is 6.20 Å².